The Bertz CT molecular complexity index is 207. The van der Waals surface area contributed by atoms with Crippen molar-refractivity contribution in [3.8, 4) is 0 Å². The smallest absolute Gasteiger partial charge is 0.0402 e. The molecule has 51 valence electrons. The molecule has 0 fully saturated rings. The Labute approximate surface area is 60.3 Å². The van der Waals surface area contributed by atoms with Gasteiger partial charge in [0.05, 0.1) is 0 Å². The number of fused-ring (bicyclic) bond motifs is 1. The molecule has 2 heterocycles. The molecule has 0 aliphatic carbocycles. The van der Waals surface area contributed by atoms with E-state index >= 15 is 0 Å². The van der Waals surface area contributed by atoms with Crippen molar-refractivity contribution in [2.45, 2.75) is 13.0 Å². The molecule has 10 heavy (non-hydrogen) atoms. The van der Waals surface area contributed by atoms with Gasteiger partial charge in [-0.2, -0.15) is 0 Å². The van der Waals surface area contributed by atoms with Crippen LogP contribution in [0.25, 0.3) is 0 Å². The molecule has 0 spiro atoms. The summed E-state index contributed by atoms with van der Waals surface area (Å²) in [6.07, 6.45) is 4.86. The fourth-order valence-corrected chi connectivity index (χ4v) is 1.24. The minimum absolute atomic E-state index is 0.864. The maximum absolute atomic E-state index is 4.28. The summed E-state index contributed by atoms with van der Waals surface area (Å²) >= 11 is 0. The zero-order chi connectivity index (χ0) is 6.81. The molecule has 1 aliphatic heterocycles. The topological polar surface area (TPSA) is 27.0 Å². The normalized spacial score (nSPS) is 16.4. The molecule has 1 aromatic heterocycles. The summed E-state index contributed by atoms with van der Waals surface area (Å²) in [6, 6.07) is 2.09. The molecule has 0 bridgehead atoms. The average molecular weight is 133 g/mol. The van der Waals surface area contributed by atoms with Crippen molar-refractivity contribution in [3.63, 3.8) is 0 Å². The first-order valence-corrected chi connectivity index (χ1v) is 3.52. The van der Waals surface area contributed by atoms with E-state index < -0.39 is 0 Å². The van der Waals surface area contributed by atoms with Gasteiger partial charge >= 0.3 is 0 Å². The Morgan fingerprint density at radius 1 is 1.30 bits per heavy atom. The maximum Gasteiger partial charge on any atom is 0.0402 e. The Kier molecular flexibility index (Phi) is 1.40. The first-order chi connectivity index (χ1) is 4.97. The predicted octanol–water partition coefficient (Wildman–Crippen LogP) is 0.742. The van der Waals surface area contributed by atoms with E-state index in [0.29, 0.717) is 0 Å². The summed E-state index contributed by atoms with van der Waals surface area (Å²) in [5, 5.41) is 4.28. The van der Waals surface area contributed by atoms with E-state index in [-0.39, 0.29) is 0 Å². The number of nitrogens with zero attached hydrogens (tertiary/aromatic N) is 2. The lowest BCUT2D eigenvalue weighted by Crippen LogP contribution is -2.17. The van der Waals surface area contributed by atoms with Crippen LogP contribution in [0.1, 0.15) is 11.1 Å². The molecule has 1 aliphatic rings. The van der Waals surface area contributed by atoms with Crippen molar-refractivity contribution in [1.82, 2.24) is 10.3 Å². The number of aromatic nitrogens is 1. The van der Waals surface area contributed by atoms with Crippen LogP contribution in [0, 0.1) is 0 Å². The Morgan fingerprint density at radius 2 is 2.30 bits per heavy atom. The first kappa shape index (κ1) is 5.86. The molecule has 1 radical (unpaired) electrons. The van der Waals surface area contributed by atoms with Crippen LogP contribution in [0.15, 0.2) is 18.5 Å². The Balaban J connectivity index is 2.41. The third-order valence-corrected chi connectivity index (χ3v) is 1.83. The van der Waals surface area contributed by atoms with Crippen molar-refractivity contribution in [3.05, 3.63) is 29.6 Å². The third kappa shape index (κ3) is 0.907. The lowest BCUT2D eigenvalue weighted by Gasteiger charge is -2.13. The van der Waals surface area contributed by atoms with Crippen LogP contribution < -0.4 is 5.32 Å². The van der Waals surface area contributed by atoms with Gasteiger partial charge in [0.25, 0.3) is 0 Å². The van der Waals surface area contributed by atoms with Gasteiger partial charge in [0, 0.05) is 25.5 Å². The monoisotopic (exact) mass is 133 g/mol. The molecular formula is C8H9N2. The van der Waals surface area contributed by atoms with Crippen molar-refractivity contribution < 1.29 is 0 Å². The van der Waals surface area contributed by atoms with Gasteiger partial charge in [-0.3, -0.25) is 4.98 Å². The molecule has 2 nitrogen and oxygen atoms in total. The van der Waals surface area contributed by atoms with E-state index in [4.69, 9.17) is 0 Å². The van der Waals surface area contributed by atoms with Crippen LogP contribution in [-0.2, 0) is 13.0 Å². The maximum atomic E-state index is 4.28. The van der Waals surface area contributed by atoms with Crippen LogP contribution in [-0.4, -0.2) is 11.5 Å². The number of rotatable bonds is 0. The second-order valence-electron chi connectivity index (χ2n) is 2.50. The first-order valence-electron chi connectivity index (χ1n) is 3.52. The summed E-state index contributed by atoms with van der Waals surface area (Å²) in [5.41, 5.74) is 2.72. The minimum atomic E-state index is 0.864. The van der Waals surface area contributed by atoms with Gasteiger partial charge in [0.2, 0.25) is 0 Å². The summed E-state index contributed by atoms with van der Waals surface area (Å²) in [7, 11) is 0. The molecule has 0 atom stereocenters. The molecule has 0 aromatic carbocycles. The lowest BCUT2D eigenvalue weighted by atomic mass is 10.0. The van der Waals surface area contributed by atoms with Gasteiger partial charge in [-0.15, -0.1) is 0 Å². The molecule has 1 aromatic rings. The van der Waals surface area contributed by atoms with Crippen molar-refractivity contribution >= 4 is 0 Å². The van der Waals surface area contributed by atoms with E-state index in [2.05, 4.69) is 16.4 Å². The summed E-state index contributed by atoms with van der Waals surface area (Å²) < 4.78 is 0. The van der Waals surface area contributed by atoms with Gasteiger partial charge in [-0.1, -0.05) is 0 Å². The van der Waals surface area contributed by atoms with E-state index in [1.165, 1.54) is 11.1 Å². The molecule has 0 saturated heterocycles. The zero-order valence-electron chi connectivity index (χ0n) is 5.75. The van der Waals surface area contributed by atoms with Gasteiger partial charge in [-0.05, 0) is 23.6 Å². The lowest BCUT2D eigenvalue weighted by molar-refractivity contribution is 0.627. The minimum Gasteiger partial charge on any atom is -0.264 e. The third-order valence-electron chi connectivity index (χ3n) is 1.83. The second-order valence-corrected chi connectivity index (χ2v) is 2.50. The second kappa shape index (κ2) is 2.39. The van der Waals surface area contributed by atoms with Crippen molar-refractivity contribution in [2.75, 3.05) is 6.54 Å². The van der Waals surface area contributed by atoms with E-state index in [9.17, 15) is 0 Å². The SMILES string of the molecule is c1cc2c(cn1)C[N]CC2. The molecule has 2 rings (SSSR count). The van der Waals surface area contributed by atoms with Crippen LogP contribution in [0.2, 0.25) is 0 Å². The van der Waals surface area contributed by atoms with Crippen LogP contribution >= 0.6 is 0 Å². The van der Waals surface area contributed by atoms with Crippen LogP contribution in [0.4, 0.5) is 0 Å². The van der Waals surface area contributed by atoms with Gasteiger partial charge < -0.3 is 0 Å². The van der Waals surface area contributed by atoms with Crippen LogP contribution in [0.3, 0.4) is 0 Å². The highest BCUT2D eigenvalue weighted by atomic mass is 14.9. The van der Waals surface area contributed by atoms with Crippen molar-refractivity contribution in [1.29, 1.82) is 0 Å². The zero-order valence-corrected chi connectivity index (χ0v) is 5.75. The molecule has 0 saturated carbocycles. The summed E-state index contributed by atoms with van der Waals surface area (Å²) in [4.78, 5) is 4.04. The fraction of sp³-hybridized carbons (Fsp3) is 0.375. The summed E-state index contributed by atoms with van der Waals surface area (Å²) in [6.45, 7) is 1.85. The Morgan fingerprint density at radius 3 is 3.20 bits per heavy atom. The van der Waals surface area contributed by atoms with Gasteiger partial charge in [0.15, 0.2) is 0 Å². The van der Waals surface area contributed by atoms with E-state index in [1.54, 1.807) is 0 Å². The Hall–Kier alpha value is -0.890. The molecular weight excluding hydrogens is 124 g/mol. The standard InChI is InChI=1S/C8H9N2/c1-3-9-5-8-6-10-4-2-7(1)8/h1,3,5H,2,4,6H2. The summed E-state index contributed by atoms with van der Waals surface area (Å²) in [5.74, 6) is 0. The van der Waals surface area contributed by atoms with E-state index in [1.807, 2.05) is 12.4 Å². The molecule has 0 unspecified atom stereocenters. The molecule has 0 N–H and O–H groups in total. The van der Waals surface area contributed by atoms with Crippen LogP contribution in [0.5, 0.6) is 0 Å². The molecule has 0 amide bonds. The fourth-order valence-electron chi connectivity index (χ4n) is 1.24. The number of hydrogen-bond acceptors (Lipinski definition) is 1. The average Bonchev–Trinajstić information content (AvgIpc) is 2.05. The number of hydrogen-bond donors (Lipinski definition) is 0. The van der Waals surface area contributed by atoms with Gasteiger partial charge in [-0.25, -0.2) is 5.32 Å². The number of pyridine rings is 1. The van der Waals surface area contributed by atoms with E-state index in [0.717, 1.165) is 19.5 Å². The quantitative estimate of drug-likeness (QED) is 0.513. The molecule has 2 heteroatoms. The highest BCUT2D eigenvalue weighted by Gasteiger charge is 2.06. The van der Waals surface area contributed by atoms with Gasteiger partial charge in [0.1, 0.15) is 0 Å². The highest BCUT2D eigenvalue weighted by molar-refractivity contribution is 5.25. The predicted molar refractivity (Wildman–Crippen MR) is 38.6 cm³/mol. The van der Waals surface area contributed by atoms with Crippen molar-refractivity contribution in [2.24, 2.45) is 0 Å². The highest BCUT2D eigenvalue weighted by Crippen LogP contribution is 2.11. The largest absolute Gasteiger partial charge is 0.264 e.